The third-order valence-corrected chi connectivity index (χ3v) is 9.83. The van der Waals surface area contributed by atoms with E-state index in [4.69, 9.17) is 23.2 Å². The quantitative estimate of drug-likeness (QED) is 0.291. The van der Waals surface area contributed by atoms with Gasteiger partial charge in [0.2, 0.25) is 11.8 Å². The molecule has 7 nitrogen and oxygen atoms in total. The van der Waals surface area contributed by atoms with Crippen molar-refractivity contribution in [3.05, 3.63) is 93.5 Å². The zero-order valence-electron chi connectivity index (χ0n) is 23.4. The molecule has 0 saturated heterocycles. The van der Waals surface area contributed by atoms with Gasteiger partial charge in [-0.15, -0.1) is 0 Å². The van der Waals surface area contributed by atoms with Crippen molar-refractivity contribution in [2.45, 2.75) is 70.0 Å². The van der Waals surface area contributed by atoms with Crippen molar-refractivity contribution in [3.8, 4) is 0 Å². The number of nitrogens with one attached hydrogen (secondary N) is 1. The Morgan fingerprint density at radius 2 is 1.66 bits per heavy atom. The van der Waals surface area contributed by atoms with Crippen LogP contribution in [0, 0.1) is 13.8 Å². The van der Waals surface area contributed by atoms with Gasteiger partial charge in [0.1, 0.15) is 12.6 Å². The number of carbonyl (C=O) groups is 2. The summed E-state index contributed by atoms with van der Waals surface area (Å²) in [6, 6.07) is 17.6. The molecule has 218 valence electrons. The molecule has 1 aliphatic carbocycles. The van der Waals surface area contributed by atoms with Crippen LogP contribution < -0.4 is 9.62 Å². The van der Waals surface area contributed by atoms with Gasteiger partial charge in [-0.2, -0.15) is 0 Å². The second-order valence-corrected chi connectivity index (χ2v) is 13.2. The SMILES string of the molecule is Cc1ccc(C)c(N(CC(=O)N(Cc2ccc(Cl)cc2Cl)[C@H](C)C(=O)NC2CCCC2)S(=O)(=O)c2ccccc2)c1. The molecule has 41 heavy (non-hydrogen) atoms. The first kappa shape index (κ1) is 30.9. The van der Waals surface area contributed by atoms with Gasteiger partial charge in [0.15, 0.2) is 0 Å². The van der Waals surface area contributed by atoms with E-state index in [1.54, 1.807) is 56.3 Å². The first-order valence-electron chi connectivity index (χ1n) is 13.7. The summed E-state index contributed by atoms with van der Waals surface area (Å²) in [7, 11) is -4.13. The van der Waals surface area contributed by atoms with Gasteiger partial charge in [-0.3, -0.25) is 13.9 Å². The molecule has 1 saturated carbocycles. The molecular weight excluding hydrogens is 581 g/mol. The van der Waals surface area contributed by atoms with Gasteiger partial charge in [0.25, 0.3) is 10.0 Å². The second kappa shape index (κ2) is 13.3. The summed E-state index contributed by atoms with van der Waals surface area (Å²) in [4.78, 5) is 28.9. The number of hydrogen-bond donors (Lipinski definition) is 1. The monoisotopic (exact) mass is 615 g/mol. The third kappa shape index (κ3) is 7.42. The fraction of sp³-hybridized carbons (Fsp3) is 0.355. The lowest BCUT2D eigenvalue weighted by atomic mass is 10.1. The first-order chi connectivity index (χ1) is 19.5. The average Bonchev–Trinajstić information content (AvgIpc) is 3.45. The van der Waals surface area contributed by atoms with Crippen molar-refractivity contribution in [2.75, 3.05) is 10.8 Å². The van der Waals surface area contributed by atoms with Crippen LogP contribution in [0.1, 0.15) is 49.3 Å². The van der Waals surface area contributed by atoms with E-state index in [9.17, 15) is 18.0 Å². The molecule has 1 aliphatic rings. The van der Waals surface area contributed by atoms with Crippen LogP contribution >= 0.6 is 23.2 Å². The van der Waals surface area contributed by atoms with E-state index in [0.717, 1.165) is 35.6 Å². The average molecular weight is 617 g/mol. The van der Waals surface area contributed by atoms with Crippen molar-refractivity contribution in [3.63, 3.8) is 0 Å². The van der Waals surface area contributed by atoms with Gasteiger partial charge in [-0.1, -0.05) is 72.4 Å². The number of sulfonamides is 1. The zero-order chi connectivity index (χ0) is 29.7. The van der Waals surface area contributed by atoms with E-state index in [1.165, 1.54) is 17.0 Å². The summed E-state index contributed by atoms with van der Waals surface area (Å²) >= 11 is 12.6. The van der Waals surface area contributed by atoms with Crippen LogP contribution in [0.25, 0.3) is 0 Å². The molecule has 0 bridgehead atoms. The normalized spacial score (nSPS) is 14.5. The zero-order valence-corrected chi connectivity index (χ0v) is 25.8. The van der Waals surface area contributed by atoms with E-state index >= 15 is 0 Å². The largest absolute Gasteiger partial charge is 0.352 e. The predicted octanol–water partition coefficient (Wildman–Crippen LogP) is 6.28. The molecule has 0 heterocycles. The molecule has 0 unspecified atom stereocenters. The maximum atomic E-state index is 14.1. The highest BCUT2D eigenvalue weighted by molar-refractivity contribution is 7.92. The Balaban J connectivity index is 1.73. The minimum absolute atomic E-state index is 0.000112. The van der Waals surface area contributed by atoms with Crippen LogP contribution in [-0.2, 0) is 26.2 Å². The lowest BCUT2D eigenvalue weighted by molar-refractivity contribution is -0.139. The topological polar surface area (TPSA) is 86.8 Å². The maximum absolute atomic E-state index is 14.1. The van der Waals surface area contributed by atoms with Gasteiger partial charge < -0.3 is 10.2 Å². The van der Waals surface area contributed by atoms with E-state index < -0.39 is 28.5 Å². The van der Waals surface area contributed by atoms with E-state index in [1.807, 2.05) is 19.1 Å². The Morgan fingerprint density at radius 1 is 0.976 bits per heavy atom. The van der Waals surface area contributed by atoms with Crippen molar-refractivity contribution in [1.29, 1.82) is 0 Å². The van der Waals surface area contributed by atoms with E-state index in [2.05, 4.69) is 5.32 Å². The van der Waals surface area contributed by atoms with Crippen LogP contribution in [0.5, 0.6) is 0 Å². The molecule has 0 aliphatic heterocycles. The fourth-order valence-corrected chi connectivity index (χ4v) is 6.99. The van der Waals surface area contributed by atoms with E-state index in [0.29, 0.717) is 26.9 Å². The van der Waals surface area contributed by atoms with Crippen molar-refractivity contribution < 1.29 is 18.0 Å². The molecule has 4 rings (SSSR count). The predicted molar refractivity (Wildman–Crippen MR) is 164 cm³/mol. The summed E-state index contributed by atoms with van der Waals surface area (Å²) in [5, 5.41) is 3.85. The molecular formula is C31H35Cl2N3O4S. The number of halogens is 2. The minimum Gasteiger partial charge on any atom is -0.352 e. The molecule has 1 atom stereocenters. The van der Waals surface area contributed by atoms with Crippen LogP contribution in [0.2, 0.25) is 10.0 Å². The van der Waals surface area contributed by atoms with Crippen LogP contribution in [-0.4, -0.2) is 43.8 Å². The Bertz CT molecular complexity index is 1510. The number of hydrogen-bond acceptors (Lipinski definition) is 4. The molecule has 3 aromatic rings. The summed E-state index contributed by atoms with van der Waals surface area (Å²) < 4.78 is 29.1. The Kier molecular flexibility index (Phi) is 10.00. The summed E-state index contributed by atoms with van der Waals surface area (Å²) in [6.07, 6.45) is 3.88. The smallest absolute Gasteiger partial charge is 0.264 e. The highest BCUT2D eigenvalue weighted by atomic mass is 35.5. The van der Waals surface area contributed by atoms with Crippen LogP contribution in [0.4, 0.5) is 5.69 Å². The molecule has 10 heteroatoms. The molecule has 1 fully saturated rings. The summed E-state index contributed by atoms with van der Waals surface area (Å²) in [6.45, 7) is 4.81. The number of anilines is 1. The third-order valence-electron chi connectivity index (χ3n) is 7.47. The number of aryl methyl sites for hydroxylation is 2. The van der Waals surface area contributed by atoms with Crippen LogP contribution in [0.3, 0.4) is 0 Å². The molecule has 0 aromatic heterocycles. The number of amides is 2. The van der Waals surface area contributed by atoms with E-state index in [-0.39, 0.29) is 23.4 Å². The highest BCUT2D eigenvalue weighted by Crippen LogP contribution is 2.29. The van der Waals surface area contributed by atoms with Gasteiger partial charge in [0.05, 0.1) is 10.6 Å². The lowest BCUT2D eigenvalue weighted by Crippen LogP contribution is -2.52. The number of benzene rings is 3. The Labute approximate surface area is 252 Å². The summed E-state index contributed by atoms with van der Waals surface area (Å²) in [5.74, 6) is -0.829. The van der Waals surface area contributed by atoms with Gasteiger partial charge in [-0.25, -0.2) is 8.42 Å². The summed E-state index contributed by atoms with van der Waals surface area (Å²) in [5.41, 5.74) is 2.53. The standard InChI is InChI=1S/C31H35Cl2N3O4S/c1-21-13-14-22(2)29(17-21)36(41(39,40)27-11-5-4-6-12-27)20-30(37)35(19-24-15-16-25(32)18-28(24)33)23(3)31(38)34-26-9-7-8-10-26/h4-6,11-18,23,26H,7-10,19-20H2,1-3H3,(H,34,38)/t23-/m1/s1. The lowest BCUT2D eigenvalue weighted by Gasteiger charge is -2.33. The highest BCUT2D eigenvalue weighted by Gasteiger charge is 2.34. The number of rotatable bonds is 10. The first-order valence-corrected chi connectivity index (χ1v) is 15.9. The van der Waals surface area contributed by atoms with Crippen molar-refractivity contribution >= 4 is 50.7 Å². The number of nitrogens with zero attached hydrogens (tertiary/aromatic N) is 2. The minimum atomic E-state index is -4.13. The van der Waals surface area contributed by atoms with Gasteiger partial charge in [-0.05, 0) is 80.6 Å². The fourth-order valence-electron chi connectivity index (χ4n) is 5.03. The van der Waals surface area contributed by atoms with Crippen LogP contribution in [0.15, 0.2) is 71.6 Å². The Hall–Kier alpha value is -3.07. The van der Waals surface area contributed by atoms with Gasteiger partial charge >= 0.3 is 0 Å². The molecule has 3 aromatic carbocycles. The molecule has 0 spiro atoms. The van der Waals surface area contributed by atoms with Crippen molar-refractivity contribution in [1.82, 2.24) is 10.2 Å². The molecule has 0 radical (unpaired) electrons. The molecule has 2 amide bonds. The molecule has 1 N–H and O–H groups in total. The van der Waals surface area contributed by atoms with Gasteiger partial charge in [0, 0.05) is 22.6 Å². The second-order valence-electron chi connectivity index (χ2n) is 10.5. The maximum Gasteiger partial charge on any atom is 0.264 e. The Morgan fingerprint density at radius 3 is 2.32 bits per heavy atom. The van der Waals surface area contributed by atoms with Crippen molar-refractivity contribution in [2.24, 2.45) is 0 Å². The number of carbonyl (C=O) groups excluding carboxylic acids is 2.